The number of benzene rings is 2. The van der Waals surface area contributed by atoms with Crippen LogP contribution in [-0.2, 0) is 17.5 Å². The normalized spacial score (nSPS) is 11.3. The van der Waals surface area contributed by atoms with Crippen molar-refractivity contribution in [3.63, 3.8) is 0 Å². The molecule has 8 heteroatoms. The lowest BCUT2D eigenvalue weighted by Gasteiger charge is -2.17. The highest BCUT2D eigenvalue weighted by atomic mass is 19.4. The van der Waals surface area contributed by atoms with Gasteiger partial charge in [0.15, 0.2) is 5.69 Å². The van der Waals surface area contributed by atoms with E-state index in [0.717, 1.165) is 23.4 Å². The monoisotopic (exact) mass is 480 g/mol. The van der Waals surface area contributed by atoms with Gasteiger partial charge in [0.05, 0.1) is 17.9 Å². The van der Waals surface area contributed by atoms with Gasteiger partial charge < -0.3 is 9.47 Å². The smallest absolute Gasteiger partial charge is 0.416 e. The molecule has 0 atom stereocenters. The average Bonchev–Trinajstić information content (AvgIpc) is 3.24. The fourth-order valence-electron chi connectivity index (χ4n) is 3.69. The largest absolute Gasteiger partial charge is 0.488 e. The van der Waals surface area contributed by atoms with Crippen LogP contribution in [0.4, 0.5) is 13.2 Å². The van der Waals surface area contributed by atoms with Crippen molar-refractivity contribution < 1.29 is 27.4 Å². The first-order valence-corrected chi connectivity index (χ1v) is 11.0. The first kappa shape index (κ1) is 24.1. The van der Waals surface area contributed by atoms with E-state index in [1.165, 1.54) is 12.1 Å². The van der Waals surface area contributed by atoms with E-state index in [1.54, 1.807) is 42.7 Å². The highest BCUT2D eigenvalue weighted by Gasteiger charge is 2.32. The molecule has 5 nitrogen and oxygen atoms in total. The van der Waals surface area contributed by atoms with Crippen LogP contribution in [0.2, 0.25) is 0 Å². The Labute approximate surface area is 200 Å². The van der Waals surface area contributed by atoms with Crippen molar-refractivity contribution in [2.24, 2.45) is 0 Å². The van der Waals surface area contributed by atoms with Gasteiger partial charge in [-0.2, -0.15) is 13.2 Å². The van der Waals surface area contributed by atoms with Crippen molar-refractivity contribution in [1.82, 2.24) is 9.55 Å². The van der Waals surface area contributed by atoms with Crippen LogP contribution in [-0.4, -0.2) is 22.1 Å². The van der Waals surface area contributed by atoms with Crippen LogP contribution in [0.5, 0.6) is 5.75 Å². The molecular formula is C27H23F3N2O3. The number of nitrogens with zero attached hydrogens (tertiary/aromatic N) is 2. The Hall–Kier alpha value is -4.07. The summed E-state index contributed by atoms with van der Waals surface area (Å²) in [6, 6.07) is 21.1. The van der Waals surface area contributed by atoms with Gasteiger partial charge in [0.25, 0.3) is 0 Å². The number of carbonyl (C=O) groups is 1. The maximum absolute atomic E-state index is 13.6. The molecule has 0 spiro atoms. The first-order chi connectivity index (χ1) is 16.8. The van der Waals surface area contributed by atoms with Crippen LogP contribution < -0.4 is 4.74 Å². The standard InChI is InChI=1S/C27H23F3N2O3/c1-3-34-26(33)22-10-7-11-25(31-22)32-18(2)12-14-23(32)21-16-20(27(28,29)30)13-15-24(21)35-17-19-8-5-4-6-9-19/h4-16H,3,17H2,1-2H3. The van der Waals surface area contributed by atoms with Crippen LogP contribution in [0.15, 0.2) is 78.9 Å². The molecule has 0 aliphatic heterocycles. The van der Waals surface area contributed by atoms with E-state index in [4.69, 9.17) is 9.47 Å². The van der Waals surface area contributed by atoms with E-state index in [0.29, 0.717) is 17.3 Å². The molecule has 0 bridgehead atoms. The number of halogens is 3. The Bertz CT molecular complexity index is 1330. The number of ether oxygens (including phenoxy) is 2. The molecule has 4 aromatic rings. The summed E-state index contributed by atoms with van der Waals surface area (Å²) >= 11 is 0. The number of esters is 1. The predicted octanol–water partition coefficient (Wildman–Crippen LogP) is 6.62. The highest BCUT2D eigenvalue weighted by molar-refractivity contribution is 5.87. The summed E-state index contributed by atoms with van der Waals surface area (Å²) in [5, 5.41) is 0. The minimum atomic E-state index is -4.53. The number of hydrogen-bond acceptors (Lipinski definition) is 4. The van der Waals surface area contributed by atoms with E-state index in [-0.39, 0.29) is 24.5 Å². The number of rotatable bonds is 7. The minimum Gasteiger partial charge on any atom is -0.488 e. The van der Waals surface area contributed by atoms with Crippen molar-refractivity contribution in [3.05, 3.63) is 101 Å². The maximum atomic E-state index is 13.6. The lowest BCUT2D eigenvalue weighted by Crippen LogP contribution is -2.11. The summed E-state index contributed by atoms with van der Waals surface area (Å²) in [5.41, 5.74) is 1.62. The van der Waals surface area contributed by atoms with Crippen LogP contribution in [0.25, 0.3) is 17.1 Å². The molecule has 2 heterocycles. The second-order valence-electron chi connectivity index (χ2n) is 7.78. The Morgan fingerprint density at radius 1 is 0.971 bits per heavy atom. The van der Waals surface area contributed by atoms with Gasteiger partial charge in [0, 0.05) is 11.3 Å². The third-order valence-electron chi connectivity index (χ3n) is 5.34. The summed E-state index contributed by atoms with van der Waals surface area (Å²) in [7, 11) is 0. The molecule has 180 valence electrons. The zero-order valence-corrected chi connectivity index (χ0v) is 19.2. The zero-order chi connectivity index (χ0) is 25.0. The van der Waals surface area contributed by atoms with Gasteiger partial charge in [0.2, 0.25) is 0 Å². The third kappa shape index (κ3) is 5.37. The van der Waals surface area contributed by atoms with Gasteiger partial charge in [-0.3, -0.25) is 4.57 Å². The van der Waals surface area contributed by atoms with Crippen molar-refractivity contribution >= 4 is 5.97 Å². The van der Waals surface area contributed by atoms with Crippen LogP contribution in [0, 0.1) is 6.92 Å². The maximum Gasteiger partial charge on any atom is 0.416 e. The fraction of sp³-hybridized carbons (Fsp3) is 0.185. The minimum absolute atomic E-state index is 0.105. The van der Waals surface area contributed by atoms with E-state index in [1.807, 2.05) is 30.3 Å². The number of alkyl halides is 3. The van der Waals surface area contributed by atoms with Crippen LogP contribution in [0.1, 0.15) is 34.2 Å². The SMILES string of the molecule is CCOC(=O)c1cccc(-n2c(C)ccc2-c2cc(C(F)(F)F)ccc2OCc2ccccc2)n1. The Morgan fingerprint density at radius 2 is 1.74 bits per heavy atom. The second-order valence-corrected chi connectivity index (χ2v) is 7.78. The zero-order valence-electron chi connectivity index (χ0n) is 19.2. The molecule has 0 saturated heterocycles. The first-order valence-electron chi connectivity index (χ1n) is 11.0. The summed E-state index contributed by atoms with van der Waals surface area (Å²) < 4.78 is 53.5. The van der Waals surface area contributed by atoms with E-state index < -0.39 is 17.7 Å². The lowest BCUT2D eigenvalue weighted by molar-refractivity contribution is -0.137. The molecule has 0 aliphatic rings. The molecular weight excluding hydrogens is 457 g/mol. The van der Waals surface area contributed by atoms with E-state index >= 15 is 0 Å². The third-order valence-corrected chi connectivity index (χ3v) is 5.34. The molecule has 4 rings (SSSR count). The van der Waals surface area contributed by atoms with Crippen molar-refractivity contribution in [3.8, 4) is 22.8 Å². The molecule has 35 heavy (non-hydrogen) atoms. The Morgan fingerprint density at radius 3 is 2.46 bits per heavy atom. The van der Waals surface area contributed by atoms with Gasteiger partial charge >= 0.3 is 12.1 Å². The van der Waals surface area contributed by atoms with Gasteiger partial charge in [-0.05, 0) is 61.9 Å². The topological polar surface area (TPSA) is 53.4 Å². The number of carbonyl (C=O) groups excluding carboxylic acids is 1. The van der Waals surface area contributed by atoms with Gasteiger partial charge in [-0.1, -0.05) is 36.4 Å². The fourth-order valence-corrected chi connectivity index (χ4v) is 3.69. The molecule has 0 radical (unpaired) electrons. The molecule has 2 aromatic heterocycles. The predicted molar refractivity (Wildman–Crippen MR) is 125 cm³/mol. The highest BCUT2D eigenvalue weighted by Crippen LogP contribution is 2.39. The number of hydrogen-bond donors (Lipinski definition) is 0. The second kappa shape index (κ2) is 10.0. The van der Waals surface area contributed by atoms with Crippen molar-refractivity contribution in [2.75, 3.05) is 6.61 Å². The average molecular weight is 480 g/mol. The van der Waals surface area contributed by atoms with Crippen molar-refractivity contribution in [2.45, 2.75) is 26.6 Å². The lowest BCUT2D eigenvalue weighted by atomic mass is 10.1. The Balaban J connectivity index is 1.81. The van der Waals surface area contributed by atoms with Crippen molar-refractivity contribution in [1.29, 1.82) is 0 Å². The van der Waals surface area contributed by atoms with E-state index in [9.17, 15) is 18.0 Å². The molecule has 0 fully saturated rings. The van der Waals surface area contributed by atoms with Gasteiger partial charge in [0.1, 0.15) is 18.2 Å². The molecule has 0 unspecified atom stereocenters. The van der Waals surface area contributed by atoms with Gasteiger partial charge in [-0.15, -0.1) is 0 Å². The van der Waals surface area contributed by atoms with Crippen LogP contribution >= 0.6 is 0 Å². The quantitative estimate of drug-likeness (QED) is 0.279. The molecule has 0 amide bonds. The number of pyridine rings is 1. The Kier molecular flexibility index (Phi) is 6.91. The molecule has 2 aromatic carbocycles. The van der Waals surface area contributed by atoms with E-state index in [2.05, 4.69) is 4.98 Å². The molecule has 0 N–H and O–H groups in total. The summed E-state index contributed by atoms with van der Waals surface area (Å²) in [4.78, 5) is 16.6. The number of aromatic nitrogens is 2. The summed E-state index contributed by atoms with van der Waals surface area (Å²) in [6.45, 7) is 3.89. The summed E-state index contributed by atoms with van der Waals surface area (Å²) in [5.74, 6) is 0.0916. The summed E-state index contributed by atoms with van der Waals surface area (Å²) in [6.07, 6.45) is -4.53. The number of aryl methyl sites for hydroxylation is 1. The van der Waals surface area contributed by atoms with Gasteiger partial charge in [-0.25, -0.2) is 9.78 Å². The molecule has 0 saturated carbocycles. The van der Waals surface area contributed by atoms with Crippen LogP contribution in [0.3, 0.4) is 0 Å². The molecule has 0 aliphatic carbocycles.